The first-order valence-corrected chi connectivity index (χ1v) is 3.31. The zero-order valence-corrected chi connectivity index (χ0v) is 6.33. The fourth-order valence-corrected chi connectivity index (χ4v) is 0.781. The fourth-order valence-electron chi connectivity index (χ4n) is 0.781. The van der Waals surface area contributed by atoms with Crippen molar-refractivity contribution in [3.63, 3.8) is 0 Å². The molecular formula is C9H11N. The maximum atomic E-state index is 3.01. The summed E-state index contributed by atoms with van der Waals surface area (Å²) in [7, 11) is 1.98. The molecule has 0 aliphatic rings. The van der Waals surface area contributed by atoms with E-state index in [2.05, 4.69) is 18.3 Å². The Labute approximate surface area is 61.6 Å². The average Bonchev–Trinajstić information content (AvgIpc) is 2.05. The molecule has 52 valence electrons. The largest absolute Gasteiger partial charge is 0.367 e. The number of nitrogens with zero attached hydrogens (tertiary/aromatic N) is 1. The third-order valence-corrected chi connectivity index (χ3v) is 1.48. The van der Waals surface area contributed by atoms with Crippen molar-refractivity contribution in [2.45, 2.75) is 6.92 Å². The zero-order chi connectivity index (χ0) is 7.40. The van der Waals surface area contributed by atoms with Crippen LogP contribution in [0.3, 0.4) is 0 Å². The number of benzene rings is 1. The van der Waals surface area contributed by atoms with E-state index in [4.69, 9.17) is 0 Å². The summed E-state index contributed by atoms with van der Waals surface area (Å²) >= 11 is 0. The van der Waals surface area contributed by atoms with E-state index < -0.39 is 0 Å². The molecule has 1 heteroatoms. The fraction of sp³-hybridized carbons (Fsp3) is 0.222. The lowest BCUT2D eigenvalue weighted by Crippen LogP contribution is -1.95. The summed E-state index contributed by atoms with van der Waals surface area (Å²) in [5, 5.41) is 0. The zero-order valence-electron chi connectivity index (χ0n) is 6.33. The Morgan fingerprint density at radius 2 is 1.80 bits per heavy atom. The van der Waals surface area contributed by atoms with Gasteiger partial charge in [0, 0.05) is 6.21 Å². The minimum atomic E-state index is 1.17. The smallest absolute Gasteiger partial charge is 0.105 e. The van der Waals surface area contributed by atoms with Crippen molar-refractivity contribution < 1.29 is 4.58 Å². The maximum absolute atomic E-state index is 3.01. The summed E-state index contributed by atoms with van der Waals surface area (Å²) in [6.45, 7) is 1.90. The molecule has 0 amide bonds. The third-order valence-electron chi connectivity index (χ3n) is 1.48. The van der Waals surface area contributed by atoms with Crippen LogP contribution in [-0.2, 0) is 0 Å². The summed E-state index contributed by atoms with van der Waals surface area (Å²) in [5.74, 6) is 0. The van der Waals surface area contributed by atoms with E-state index in [-0.39, 0.29) is 0 Å². The van der Waals surface area contributed by atoms with E-state index in [1.807, 2.05) is 36.7 Å². The minimum Gasteiger partial charge on any atom is -0.367 e. The normalized spacial score (nSPS) is 11.6. The van der Waals surface area contributed by atoms with Crippen LogP contribution in [-0.4, -0.2) is 17.8 Å². The molecular weight excluding hydrogens is 122 g/mol. The summed E-state index contributed by atoms with van der Waals surface area (Å²) < 4.78 is 1.96. The van der Waals surface area contributed by atoms with Gasteiger partial charge in [-0.25, -0.2) is 0 Å². The van der Waals surface area contributed by atoms with Gasteiger partial charge in [-0.15, -0.1) is 0 Å². The Morgan fingerprint density at radius 1 is 1.20 bits per heavy atom. The van der Waals surface area contributed by atoms with Gasteiger partial charge in [-0.3, -0.25) is 0 Å². The summed E-state index contributed by atoms with van der Waals surface area (Å²) in [6, 6.07) is 10.1. The van der Waals surface area contributed by atoms with Crippen molar-refractivity contribution in [3.05, 3.63) is 30.3 Å². The molecule has 0 fully saturated rings. The summed E-state index contributed by atoms with van der Waals surface area (Å²) in [6.07, 6.45) is 3.01. The molecule has 0 saturated heterocycles. The van der Waals surface area contributed by atoms with E-state index in [1.165, 1.54) is 5.69 Å². The Bertz CT molecular complexity index is 224. The van der Waals surface area contributed by atoms with Crippen molar-refractivity contribution in [1.29, 1.82) is 0 Å². The molecule has 0 N–H and O–H groups in total. The van der Waals surface area contributed by atoms with Gasteiger partial charge in [0.15, 0.2) is 0 Å². The van der Waals surface area contributed by atoms with E-state index >= 15 is 0 Å². The molecule has 0 heterocycles. The maximum Gasteiger partial charge on any atom is 0.105 e. The SMILES string of the molecule is C[C-]=[N+](C)c1ccccc1. The number of para-hydroxylation sites is 1. The van der Waals surface area contributed by atoms with Gasteiger partial charge >= 0.3 is 0 Å². The molecule has 0 aliphatic heterocycles. The highest BCUT2D eigenvalue weighted by atomic mass is 15.0. The van der Waals surface area contributed by atoms with Crippen LogP contribution >= 0.6 is 0 Å². The molecule has 0 spiro atoms. The van der Waals surface area contributed by atoms with Gasteiger partial charge in [0.1, 0.15) is 7.05 Å². The Balaban J connectivity index is 2.96. The predicted octanol–water partition coefficient (Wildman–Crippen LogP) is 1.93. The van der Waals surface area contributed by atoms with Crippen LogP contribution < -0.4 is 0 Å². The van der Waals surface area contributed by atoms with Crippen molar-refractivity contribution in [3.8, 4) is 0 Å². The van der Waals surface area contributed by atoms with Crippen LogP contribution in [0.1, 0.15) is 6.92 Å². The van der Waals surface area contributed by atoms with Gasteiger partial charge in [-0.1, -0.05) is 37.3 Å². The number of hydrogen-bond donors (Lipinski definition) is 0. The van der Waals surface area contributed by atoms with Crippen LogP contribution in [0.25, 0.3) is 0 Å². The molecule has 0 unspecified atom stereocenters. The van der Waals surface area contributed by atoms with Crippen molar-refractivity contribution in [2.24, 2.45) is 0 Å². The van der Waals surface area contributed by atoms with E-state index in [1.54, 1.807) is 0 Å². The van der Waals surface area contributed by atoms with Gasteiger partial charge in [0.2, 0.25) is 0 Å². The third kappa shape index (κ3) is 1.44. The van der Waals surface area contributed by atoms with Crippen LogP contribution in [0.5, 0.6) is 0 Å². The lowest BCUT2D eigenvalue weighted by Gasteiger charge is -2.03. The minimum absolute atomic E-state index is 1.17. The van der Waals surface area contributed by atoms with E-state index in [9.17, 15) is 0 Å². The summed E-state index contributed by atoms with van der Waals surface area (Å²) in [5.41, 5.74) is 1.17. The second kappa shape index (κ2) is 3.16. The van der Waals surface area contributed by atoms with Gasteiger partial charge < -0.3 is 4.58 Å². The van der Waals surface area contributed by atoms with Gasteiger partial charge in [0.25, 0.3) is 0 Å². The van der Waals surface area contributed by atoms with Gasteiger partial charge in [-0.2, -0.15) is 0 Å². The molecule has 10 heavy (non-hydrogen) atoms. The first-order valence-electron chi connectivity index (χ1n) is 3.31. The molecule has 0 aromatic heterocycles. The van der Waals surface area contributed by atoms with E-state index in [0.717, 1.165) is 0 Å². The quantitative estimate of drug-likeness (QED) is 0.313. The molecule has 1 aromatic rings. The molecule has 0 saturated carbocycles. The second-order valence-corrected chi connectivity index (χ2v) is 2.12. The molecule has 0 bridgehead atoms. The first kappa shape index (κ1) is 7.00. The molecule has 1 aromatic carbocycles. The average molecular weight is 133 g/mol. The molecule has 1 nitrogen and oxygen atoms in total. The number of rotatable bonds is 1. The van der Waals surface area contributed by atoms with Crippen molar-refractivity contribution in [2.75, 3.05) is 7.05 Å². The lowest BCUT2D eigenvalue weighted by molar-refractivity contribution is -0.400. The highest BCUT2D eigenvalue weighted by Crippen LogP contribution is 2.06. The highest BCUT2D eigenvalue weighted by molar-refractivity contribution is 5.50. The Morgan fingerprint density at radius 3 is 2.30 bits per heavy atom. The van der Waals surface area contributed by atoms with Crippen molar-refractivity contribution >= 4 is 11.9 Å². The molecule has 1 rings (SSSR count). The van der Waals surface area contributed by atoms with Gasteiger partial charge in [0.05, 0.1) is 5.69 Å². The topological polar surface area (TPSA) is 3.01 Å². The van der Waals surface area contributed by atoms with Crippen LogP contribution in [0.2, 0.25) is 0 Å². The molecule has 0 aliphatic carbocycles. The standard InChI is InChI=1S/C9H11N/c1-3-10(2)9-7-5-4-6-8-9/h4-8H,1-2H3. The first-order chi connectivity index (χ1) is 4.84. The van der Waals surface area contributed by atoms with E-state index in [0.29, 0.717) is 0 Å². The lowest BCUT2D eigenvalue weighted by atomic mass is 10.3. The van der Waals surface area contributed by atoms with Crippen LogP contribution in [0, 0.1) is 0 Å². The molecule has 0 radical (unpaired) electrons. The highest BCUT2D eigenvalue weighted by Gasteiger charge is 1.84. The Hall–Kier alpha value is -1.11. The summed E-state index contributed by atoms with van der Waals surface area (Å²) in [4.78, 5) is 0. The van der Waals surface area contributed by atoms with Crippen LogP contribution in [0.4, 0.5) is 5.69 Å². The monoisotopic (exact) mass is 133 g/mol. The van der Waals surface area contributed by atoms with Crippen molar-refractivity contribution in [1.82, 2.24) is 0 Å². The van der Waals surface area contributed by atoms with Crippen LogP contribution in [0.15, 0.2) is 30.3 Å². The van der Waals surface area contributed by atoms with Gasteiger partial charge in [-0.05, 0) is 0 Å². The predicted molar refractivity (Wildman–Crippen MR) is 43.0 cm³/mol. The number of hydrogen-bond acceptors (Lipinski definition) is 0. The Kier molecular flexibility index (Phi) is 2.21. The second-order valence-electron chi connectivity index (χ2n) is 2.12. The molecule has 0 atom stereocenters.